The summed E-state index contributed by atoms with van der Waals surface area (Å²) in [6.07, 6.45) is -0.0633. The topological polar surface area (TPSA) is 95.1 Å². The second kappa shape index (κ2) is 7.92. The first-order valence-corrected chi connectivity index (χ1v) is 13.1. The molecule has 2 heterocycles. The highest BCUT2D eigenvalue weighted by molar-refractivity contribution is 7.94. The van der Waals surface area contributed by atoms with E-state index in [9.17, 15) is 21.6 Å². The van der Waals surface area contributed by atoms with Gasteiger partial charge >= 0.3 is 0 Å². The molecule has 0 atom stereocenters. The maximum Gasteiger partial charge on any atom is 0.243 e. The third-order valence-electron chi connectivity index (χ3n) is 5.72. The Balaban J connectivity index is 1.60. The van der Waals surface area contributed by atoms with Crippen LogP contribution in [0.5, 0.6) is 0 Å². The third kappa shape index (κ3) is 3.95. The van der Waals surface area contributed by atoms with Crippen LogP contribution < -0.4 is 9.21 Å². The number of nitrogens with zero attached hydrogens (tertiary/aromatic N) is 3. The molecule has 4 rings (SSSR count). The number of hydrogen-bond donors (Lipinski definition) is 0. The van der Waals surface area contributed by atoms with E-state index in [0.29, 0.717) is 37.3 Å². The highest BCUT2D eigenvalue weighted by atomic mass is 32.2. The summed E-state index contributed by atoms with van der Waals surface area (Å²) in [6, 6.07) is 12.8. The number of benzene rings is 2. The molecular weight excluding hydrogens is 438 g/mol. The summed E-state index contributed by atoms with van der Waals surface area (Å²) in [7, 11) is -7.46. The predicted molar refractivity (Wildman–Crippen MR) is 119 cm³/mol. The number of para-hydroxylation sites is 1. The van der Waals surface area contributed by atoms with Crippen LogP contribution in [0.25, 0.3) is 0 Å². The van der Waals surface area contributed by atoms with E-state index < -0.39 is 26.0 Å². The first-order chi connectivity index (χ1) is 14.6. The Bertz CT molecular complexity index is 1200. The zero-order valence-electron chi connectivity index (χ0n) is 17.5. The first-order valence-electron chi connectivity index (χ1n) is 10.1. The fourth-order valence-corrected chi connectivity index (χ4v) is 7.55. The van der Waals surface area contributed by atoms with E-state index >= 15 is 0 Å². The summed E-state index contributed by atoms with van der Waals surface area (Å²) in [5, 5.41) is 0. The number of rotatable bonds is 4. The van der Waals surface area contributed by atoms with Crippen LogP contribution in [-0.2, 0) is 24.8 Å². The van der Waals surface area contributed by atoms with E-state index in [1.807, 2.05) is 30.3 Å². The molecule has 2 saturated heterocycles. The van der Waals surface area contributed by atoms with Crippen LogP contribution in [0.15, 0.2) is 47.4 Å². The van der Waals surface area contributed by atoms with E-state index in [1.54, 1.807) is 13.8 Å². The molecule has 0 aromatic heterocycles. The molecule has 10 heteroatoms. The average molecular weight is 464 g/mol. The quantitative estimate of drug-likeness (QED) is 0.687. The van der Waals surface area contributed by atoms with Gasteiger partial charge in [-0.1, -0.05) is 18.2 Å². The molecule has 0 N–H and O–H groups in total. The molecule has 0 aliphatic carbocycles. The molecule has 8 nitrogen and oxygen atoms in total. The van der Waals surface area contributed by atoms with Crippen LogP contribution in [0, 0.1) is 13.8 Å². The molecule has 2 aromatic carbocycles. The number of piperazine rings is 1. The maximum absolute atomic E-state index is 13.4. The molecule has 0 saturated carbocycles. The predicted octanol–water partition coefficient (Wildman–Crippen LogP) is 1.88. The Hall–Kier alpha value is -2.43. The van der Waals surface area contributed by atoms with Gasteiger partial charge in [0.2, 0.25) is 26.0 Å². The zero-order valence-corrected chi connectivity index (χ0v) is 19.1. The smallest absolute Gasteiger partial charge is 0.243 e. The molecule has 166 valence electrons. The average Bonchev–Trinajstić information content (AvgIpc) is 3.00. The minimum atomic E-state index is -3.76. The summed E-state index contributed by atoms with van der Waals surface area (Å²) in [5.74, 6) is -0.721. The molecule has 0 unspecified atom stereocenters. The van der Waals surface area contributed by atoms with Gasteiger partial charge in [-0.05, 0) is 49.2 Å². The Morgan fingerprint density at radius 2 is 1.45 bits per heavy atom. The number of carbonyl (C=O) groups excluding carboxylic acids is 1. The number of amides is 1. The SMILES string of the molecule is Cc1cc(N2C(=O)CCS2(=O)=O)cc(C)c1S(=O)(=O)N1CCN(c2ccccc2)CC1. The molecule has 2 aromatic rings. The molecule has 2 fully saturated rings. The van der Waals surface area contributed by atoms with Crippen molar-refractivity contribution in [2.24, 2.45) is 0 Å². The fourth-order valence-electron chi connectivity index (χ4n) is 4.27. The maximum atomic E-state index is 13.4. The summed E-state index contributed by atoms with van der Waals surface area (Å²) in [4.78, 5) is 14.4. The van der Waals surface area contributed by atoms with Crippen molar-refractivity contribution in [1.82, 2.24) is 4.31 Å². The Labute approximate surface area is 183 Å². The lowest BCUT2D eigenvalue weighted by Crippen LogP contribution is -2.48. The molecule has 0 bridgehead atoms. The van der Waals surface area contributed by atoms with Crippen molar-refractivity contribution in [3.05, 3.63) is 53.6 Å². The zero-order chi connectivity index (χ0) is 22.4. The Kier molecular flexibility index (Phi) is 5.57. The molecule has 0 radical (unpaired) electrons. The minimum Gasteiger partial charge on any atom is -0.369 e. The van der Waals surface area contributed by atoms with Gasteiger partial charge in [0, 0.05) is 38.3 Å². The molecule has 0 spiro atoms. The van der Waals surface area contributed by atoms with Crippen LogP contribution >= 0.6 is 0 Å². The Morgan fingerprint density at radius 1 is 0.871 bits per heavy atom. The first kappa shape index (κ1) is 21.8. The van der Waals surface area contributed by atoms with Crippen molar-refractivity contribution in [3.8, 4) is 0 Å². The summed E-state index contributed by atoms with van der Waals surface area (Å²) in [6.45, 7) is 5.15. The Morgan fingerprint density at radius 3 is 1.97 bits per heavy atom. The van der Waals surface area contributed by atoms with Crippen molar-refractivity contribution in [3.63, 3.8) is 0 Å². The van der Waals surface area contributed by atoms with Crippen LogP contribution in [0.2, 0.25) is 0 Å². The van der Waals surface area contributed by atoms with E-state index in [4.69, 9.17) is 0 Å². The van der Waals surface area contributed by atoms with Crippen LogP contribution in [-0.4, -0.2) is 59.0 Å². The van der Waals surface area contributed by atoms with Crippen LogP contribution in [0.1, 0.15) is 17.5 Å². The standard InChI is InChI=1S/C21H25N3O5S2/c1-16-14-19(24-20(25)8-13-30(24,26)27)15-17(2)21(16)31(28,29)23-11-9-22(10-12-23)18-6-4-3-5-7-18/h3-7,14-15H,8-13H2,1-2H3. The van der Waals surface area contributed by atoms with E-state index in [-0.39, 0.29) is 22.8 Å². The van der Waals surface area contributed by atoms with Crippen molar-refractivity contribution in [2.45, 2.75) is 25.2 Å². The number of sulfonamides is 2. The summed E-state index contributed by atoms with van der Waals surface area (Å²) < 4.78 is 53.6. The highest BCUT2D eigenvalue weighted by Crippen LogP contribution is 2.33. The highest BCUT2D eigenvalue weighted by Gasteiger charge is 2.38. The number of anilines is 2. The summed E-state index contributed by atoms with van der Waals surface area (Å²) in [5.41, 5.74) is 2.11. The van der Waals surface area contributed by atoms with Crippen LogP contribution in [0.4, 0.5) is 11.4 Å². The number of aryl methyl sites for hydroxylation is 2. The van der Waals surface area contributed by atoms with Crippen molar-refractivity contribution in [2.75, 3.05) is 41.1 Å². The fraction of sp³-hybridized carbons (Fsp3) is 0.381. The van der Waals surface area contributed by atoms with E-state index in [0.717, 1.165) is 9.99 Å². The molecule has 2 aliphatic rings. The molecule has 1 amide bonds. The number of hydrogen-bond acceptors (Lipinski definition) is 6. The largest absolute Gasteiger partial charge is 0.369 e. The van der Waals surface area contributed by atoms with Crippen molar-refractivity contribution >= 4 is 37.3 Å². The van der Waals surface area contributed by atoms with Crippen molar-refractivity contribution < 1.29 is 21.6 Å². The number of carbonyl (C=O) groups is 1. The molecule has 31 heavy (non-hydrogen) atoms. The van der Waals surface area contributed by atoms with E-state index in [1.165, 1.54) is 16.4 Å². The van der Waals surface area contributed by atoms with Gasteiger partial charge < -0.3 is 4.90 Å². The van der Waals surface area contributed by atoms with Gasteiger partial charge in [0.05, 0.1) is 16.3 Å². The summed E-state index contributed by atoms with van der Waals surface area (Å²) >= 11 is 0. The van der Waals surface area contributed by atoms with E-state index in [2.05, 4.69) is 4.90 Å². The van der Waals surface area contributed by atoms with Gasteiger partial charge in [0.15, 0.2) is 0 Å². The van der Waals surface area contributed by atoms with Gasteiger partial charge in [-0.25, -0.2) is 21.1 Å². The third-order valence-corrected chi connectivity index (χ3v) is 9.61. The monoisotopic (exact) mass is 463 g/mol. The van der Waals surface area contributed by atoms with Gasteiger partial charge in [0.1, 0.15) is 0 Å². The van der Waals surface area contributed by atoms with Gasteiger partial charge in [-0.2, -0.15) is 4.31 Å². The van der Waals surface area contributed by atoms with Crippen molar-refractivity contribution in [1.29, 1.82) is 0 Å². The van der Waals surface area contributed by atoms with Gasteiger partial charge in [-0.15, -0.1) is 0 Å². The van der Waals surface area contributed by atoms with Gasteiger partial charge in [-0.3, -0.25) is 4.79 Å². The second-order valence-electron chi connectivity index (χ2n) is 7.86. The lowest BCUT2D eigenvalue weighted by atomic mass is 10.1. The molecular formula is C21H25N3O5S2. The minimum absolute atomic E-state index is 0.0633. The second-order valence-corrected chi connectivity index (χ2v) is 11.7. The normalized spacial score (nSPS) is 19.7. The lowest BCUT2D eigenvalue weighted by Gasteiger charge is -2.36. The van der Waals surface area contributed by atoms with Gasteiger partial charge in [0.25, 0.3) is 0 Å². The molecule has 2 aliphatic heterocycles. The lowest BCUT2D eigenvalue weighted by molar-refractivity contribution is -0.116. The van der Waals surface area contributed by atoms with Crippen LogP contribution in [0.3, 0.4) is 0 Å².